The first-order valence-corrected chi connectivity index (χ1v) is 13.4. The van der Waals surface area contributed by atoms with Crippen LogP contribution in [-0.2, 0) is 27.8 Å². The van der Waals surface area contributed by atoms with Crippen molar-refractivity contribution in [1.29, 1.82) is 0 Å². The minimum Gasteiger partial charge on any atom is -0.313 e. The molecular weight excluding hydrogens is 462 g/mol. The lowest BCUT2D eigenvalue weighted by molar-refractivity contribution is -0.127. The summed E-state index contributed by atoms with van der Waals surface area (Å²) in [6.45, 7) is 6.65. The van der Waals surface area contributed by atoms with Gasteiger partial charge in [0.1, 0.15) is 17.2 Å². The lowest BCUT2D eigenvalue weighted by Crippen LogP contribution is -2.47. The van der Waals surface area contributed by atoms with Crippen LogP contribution < -0.4 is 5.32 Å². The van der Waals surface area contributed by atoms with Crippen LogP contribution in [0.3, 0.4) is 0 Å². The number of hydrogen-bond donors (Lipinski definition) is 1. The van der Waals surface area contributed by atoms with Crippen LogP contribution in [0.25, 0.3) is 0 Å². The topological polar surface area (TPSA) is 87.6 Å². The smallest absolute Gasteiger partial charge is 0.270 e. The molecule has 192 valence electrons. The molecule has 1 spiro atoms. The third-order valence-electron chi connectivity index (χ3n) is 8.07. The number of aromatic nitrogens is 2. The first-order chi connectivity index (χ1) is 17.8. The molecule has 5 rings (SSSR count). The quantitative estimate of drug-likeness (QED) is 0.489. The molecule has 7 heteroatoms. The number of rotatable bonds is 5. The number of fused-ring (bicyclic) bond motifs is 1. The number of carbonyl (C=O) groups is 2. The van der Waals surface area contributed by atoms with Crippen molar-refractivity contribution in [3.05, 3.63) is 53.0 Å². The molecule has 2 aromatic heterocycles. The molecule has 2 amide bonds. The van der Waals surface area contributed by atoms with E-state index >= 15 is 0 Å². The SMILES string of the molecule is CC(C)C1=NC2(CCCCCC2)N(CC#Cc2cnc3c(c2)C[C@@](C)(c2cccnc2NC=O)C3)C1=O. The zero-order valence-corrected chi connectivity index (χ0v) is 22.0. The molecule has 1 aliphatic heterocycles. The third kappa shape index (κ3) is 4.77. The van der Waals surface area contributed by atoms with Gasteiger partial charge in [0.15, 0.2) is 0 Å². The summed E-state index contributed by atoms with van der Waals surface area (Å²) >= 11 is 0. The summed E-state index contributed by atoms with van der Waals surface area (Å²) in [5.41, 5.74) is 4.15. The van der Waals surface area contributed by atoms with Crippen molar-refractivity contribution in [3.63, 3.8) is 0 Å². The molecule has 37 heavy (non-hydrogen) atoms. The summed E-state index contributed by atoms with van der Waals surface area (Å²) in [6.07, 6.45) is 12.2. The Labute approximate surface area is 219 Å². The highest BCUT2D eigenvalue weighted by molar-refractivity contribution is 6.41. The number of nitrogens with one attached hydrogen (secondary N) is 1. The number of aliphatic imine (C=N–C) groups is 1. The first kappa shape index (κ1) is 25.1. The van der Waals surface area contributed by atoms with E-state index in [0.29, 0.717) is 24.5 Å². The molecule has 2 aromatic rings. The van der Waals surface area contributed by atoms with Gasteiger partial charge in [0.25, 0.3) is 5.91 Å². The van der Waals surface area contributed by atoms with Gasteiger partial charge in [0.05, 0.1) is 6.54 Å². The van der Waals surface area contributed by atoms with Gasteiger partial charge >= 0.3 is 0 Å². The number of pyridine rings is 2. The fourth-order valence-electron chi connectivity index (χ4n) is 6.18. The molecule has 0 saturated heterocycles. The Morgan fingerprint density at radius 1 is 1.16 bits per heavy atom. The lowest BCUT2D eigenvalue weighted by atomic mass is 9.80. The summed E-state index contributed by atoms with van der Waals surface area (Å²) < 4.78 is 0. The van der Waals surface area contributed by atoms with Gasteiger partial charge in [-0.15, -0.1) is 0 Å². The summed E-state index contributed by atoms with van der Waals surface area (Å²) in [6, 6.07) is 6.04. The second kappa shape index (κ2) is 10.1. The van der Waals surface area contributed by atoms with Gasteiger partial charge in [-0.05, 0) is 56.2 Å². The lowest BCUT2D eigenvalue weighted by Gasteiger charge is -2.34. The van der Waals surface area contributed by atoms with Crippen LogP contribution in [-0.4, -0.2) is 45.1 Å². The Bertz CT molecular complexity index is 1300. The third-order valence-corrected chi connectivity index (χ3v) is 8.07. The highest BCUT2D eigenvalue weighted by Gasteiger charge is 2.46. The molecule has 2 aliphatic carbocycles. The largest absolute Gasteiger partial charge is 0.313 e. The Balaban J connectivity index is 1.35. The van der Waals surface area contributed by atoms with Gasteiger partial charge in [-0.3, -0.25) is 19.6 Å². The van der Waals surface area contributed by atoms with Gasteiger partial charge in [0, 0.05) is 40.5 Å². The molecule has 1 fully saturated rings. The zero-order chi connectivity index (χ0) is 26.0. The molecule has 3 heterocycles. The molecule has 0 bridgehead atoms. The van der Waals surface area contributed by atoms with Crippen LogP contribution in [0, 0.1) is 17.8 Å². The van der Waals surface area contributed by atoms with Crippen molar-refractivity contribution in [3.8, 4) is 11.8 Å². The molecule has 1 N–H and O–H groups in total. The van der Waals surface area contributed by atoms with E-state index in [1.165, 1.54) is 12.8 Å². The molecule has 3 aliphatic rings. The van der Waals surface area contributed by atoms with E-state index in [0.717, 1.165) is 60.9 Å². The van der Waals surface area contributed by atoms with E-state index in [-0.39, 0.29) is 17.2 Å². The minimum absolute atomic E-state index is 0.0465. The number of carbonyl (C=O) groups excluding carboxylic acids is 2. The molecular formula is C30H35N5O2. The van der Waals surface area contributed by atoms with Crippen molar-refractivity contribution in [2.75, 3.05) is 11.9 Å². The molecule has 7 nitrogen and oxygen atoms in total. The van der Waals surface area contributed by atoms with Crippen LogP contribution in [0.1, 0.15) is 81.7 Å². The predicted molar refractivity (Wildman–Crippen MR) is 144 cm³/mol. The Kier molecular flexibility index (Phi) is 6.85. The van der Waals surface area contributed by atoms with Gasteiger partial charge in [-0.25, -0.2) is 4.98 Å². The Morgan fingerprint density at radius 3 is 2.68 bits per heavy atom. The van der Waals surface area contributed by atoms with Crippen molar-refractivity contribution in [2.24, 2.45) is 10.9 Å². The van der Waals surface area contributed by atoms with Crippen LogP contribution in [0.4, 0.5) is 5.82 Å². The van der Waals surface area contributed by atoms with Crippen LogP contribution in [0.15, 0.2) is 35.6 Å². The van der Waals surface area contributed by atoms with E-state index in [1.54, 1.807) is 6.20 Å². The first-order valence-electron chi connectivity index (χ1n) is 13.4. The molecule has 0 unspecified atom stereocenters. The molecule has 1 saturated carbocycles. The van der Waals surface area contributed by atoms with Crippen LogP contribution >= 0.6 is 0 Å². The Morgan fingerprint density at radius 2 is 1.95 bits per heavy atom. The van der Waals surface area contributed by atoms with Gasteiger partial charge in [-0.1, -0.05) is 51.5 Å². The van der Waals surface area contributed by atoms with Crippen molar-refractivity contribution < 1.29 is 9.59 Å². The van der Waals surface area contributed by atoms with Crippen molar-refractivity contribution in [2.45, 2.75) is 83.2 Å². The van der Waals surface area contributed by atoms with Gasteiger partial charge < -0.3 is 10.2 Å². The number of anilines is 1. The van der Waals surface area contributed by atoms with Crippen molar-refractivity contribution >= 4 is 23.8 Å². The fraction of sp³-hybridized carbons (Fsp3) is 0.500. The molecule has 0 radical (unpaired) electrons. The van der Waals surface area contributed by atoms with E-state index in [1.807, 2.05) is 37.1 Å². The van der Waals surface area contributed by atoms with Crippen LogP contribution in [0.5, 0.6) is 0 Å². The average molecular weight is 498 g/mol. The standard InChI is InChI=1S/C30H35N5O2/c1-21(2)26-28(37)35(30(34-26)12-6-4-5-7-13-30)15-9-10-22-16-23-17-29(3,18-25(23)32-19-22)24-11-8-14-31-27(24)33-20-36/h8,11,14,16,19-21H,4-7,12-13,15,17-18H2,1-3H3,(H,31,33,36)/t29-/m1/s1. The second-order valence-corrected chi connectivity index (χ2v) is 11.1. The average Bonchev–Trinajstić information content (AvgIpc) is 3.23. The van der Waals surface area contributed by atoms with Crippen LogP contribution in [0.2, 0.25) is 0 Å². The normalized spacial score (nSPS) is 22.3. The second-order valence-electron chi connectivity index (χ2n) is 11.1. The number of hydrogen-bond acceptors (Lipinski definition) is 5. The predicted octanol–water partition coefficient (Wildman–Crippen LogP) is 4.44. The number of nitrogens with zero attached hydrogens (tertiary/aromatic N) is 4. The van der Waals surface area contributed by atoms with Gasteiger partial charge in [-0.2, -0.15) is 0 Å². The minimum atomic E-state index is -0.420. The maximum absolute atomic E-state index is 13.3. The summed E-state index contributed by atoms with van der Waals surface area (Å²) in [5.74, 6) is 7.31. The molecule has 1 atom stereocenters. The maximum Gasteiger partial charge on any atom is 0.270 e. The van der Waals surface area contributed by atoms with E-state index in [2.05, 4.69) is 35.1 Å². The van der Waals surface area contributed by atoms with E-state index in [4.69, 9.17) is 9.98 Å². The number of amides is 2. The monoisotopic (exact) mass is 497 g/mol. The summed E-state index contributed by atoms with van der Waals surface area (Å²) in [7, 11) is 0. The molecule has 0 aromatic carbocycles. The fourth-order valence-corrected chi connectivity index (χ4v) is 6.18. The highest BCUT2D eigenvalue weighted by Crippen LogP contribution is 2.41. The van der Waals surface area contributed by atoms with E-state index in [9.17, 15) is 9.59 Å². The highest BCUT2D eigenvalue weighted by atomic mass is 16.2. The zero-order valence-electron chi connectivity index (χ0n) is 22.0. The van der Waals surface area contributed by atoms with Crippen molar-refractivity contribution in [1.82, 2.24) is 14.9 Å². The summed E-state index contributed by atoms with van der Waals surface area (Å²) in [5, 5.41) is 2.74. The maximum atomic E-state index is 13.3. The van der Waals surface area contributed by atoms with Gasteiger partial charge in [0.2, 0.25) is 6.41 Å². The Hall–Kier alpha value is -3.53. The summed E-state index contributed by atoms with van der Waals surface area (Å²) in [4.78, 5) is 40.4. The van der Waals surface area contributed by atoms with E-state index < -0.39 is 5.66 Å².